The molecule has 1 atom stereocenters. The zero-order chi connectivity index (χ0) is 22.3. The minimum absolute atomic E-state index is 0.508. The monoisotopic (exact) mass is 446 g/mol. The number of anilines is 1. The summed E-state index contributed by atoms with van der Waals surface area (Å²) in [7, 11) is 0. The van der Waals surface area contributed by atoms with Crippen LogP contribution in [-0.4, -0.2) is 4.98 Å². The molecule has 2 heterocycles. The molecule has 1 aliphatic heterocycles. The summed E-state index contributed by atoms with van der Waals surface area (Å²) in [6.07, 6.45) is 0.623. The van der Waals surface area contributed by atoms with Gasteiger partial charge in [0.05, 0.1) is 16.7 Å². The molecule has 0 fully saturated rings. The highest BCUT2D eigenvalue weighted by Gasteiger charge is 2.50. The van der Waals surface area contributed by atoms with Crippen molar-refractivity contribution in [1.82, 2.24) is 4.98 Å². The van der Waals surface area contributed by atoms with Crippen molar-refractivity contribution in [2.24, 2.45) is 0 Å². The average molecular weight is 447 g/mol. The Balaban J connectivity index is 1.63. The second-order valence-corrected chi connectivity index (χ2v) is 9.32. The maximum atomic E-state index is 7.71. The fraction of sp³-hybridized carbons (Fsp3) is 0.100. The Morgan fingerprint density at radius 3 is 1.97 bits per heavy atom. The highest BCUT2D eigenvalue weighted by molar-refractivity contribution is 6.26. The van der Waals surface area contributed by atoms with Gasteiger partial charge >= 0.3 is 0 Å². The number of rotatable bonds is 3. The molecule has 1 unspecified atom stereocenters. The van der Waals surface area contributed by atoms with Gasteiger partial charge in [-0.2, -0.15) is 0 Å². The number of halogens is 1. The maximum Gasteiger partial charge on any atom is 0.116 e. The lowest BCUT2D eigenvalue weighted by Crippen LogP contribution is -2.47. The molecule has 6 rings (SSSR count). The lowest BCUT2D eigenvalue weighted by Gasteiger charge is -2.48. The zero-order valence-corrected chi connectivity index (χ0v) is 18.8. The molecule has 5 aromatic rings. The number of hydrogen-bond acceptors (Lipinski definition) is 2. The molecule has 33 heavy (non-hydrogen) atoms. The quantitative estimate of drug-likeness (QED) is 0.290. The number of benzene rings is 4. The summed E-state index contributed by atoms with van der Waals surface area (Å²) in [4.78, 5) is 4.25. The van der Waals surface area contributed by atoms with Crippen LogP contribution < -0.4 is 5.32 Å². The van der Waals surface area contributed by atoms with Crippen LogP contribution in [0.1, 0.15) is 28.8 Å². The molecule has 0 saturated heterocycles. The molecule has 1 aliphatic rings. The number of pyridine rings is 1. The number of aromatic nitrogens is 1. The van der Waals surface area contributed by atoms with Crippen molar-refractivity contribution in [2.45, 2.75) is 16.8 Å². The summed E-state index contributed by atoms with van der Waals surface area (Å²) in [5.41, 5.74) is 5.75. The van der Waals surface area contributed by atoms with Gasteiger partial charge in [-0.25, -0.2) is 0 Å². The Labute approximate surface area is 198 Å². The second-order valence-electron chi connectivity index (χ2n) is 8.68. The van der Waals surface area contributed by atoms with Gasteiger partial charge in [0.2, 0.25) is 0 Å². The molecule has 3 heteroatoms. The van der Waals surface area contributed by atoms with Crippen molar-refractivity contribution in [1.29, 1.82) is 0 Å². The molecule has 0 aliphatic carbocycles. The average Bonchev–Trinajstić information content (AvgIpc) is 2.89. The highest BCUT2D eigenvalue weighted by Crippen LogP contribution is 2.55. The van der Waals surface area contributed by atoms with Crippen molar-refractivity contribution in [3.63, 3.8) is 0 Å². The molecule has 0 bridgehead atoms. The smallest absolute Gasteiger partial charge is 0.116 e. The van der Waals surface area contributed by atoms with Crippen LogP contribution in [-0.2, 0) is 10.4 Å². The molecule has 160 valence electrons. The van der Waals surface area contributed by atoms with Crippen molar-refractivity contribution < 1.29 is 0 Å². The summed E-state index contributed by atoms with van der Waals surface area (Å²) >= 11 is 7.71. The molecule has 1 aromatic heterocycles. The van der Waals surface area contributed by atoms with Crippen LogP contribution in [0.5, 0.6) is 0 Å². The predicted octanol–water partition coefficient (Wildman–Crippen LogP) is 7.48. The fourth-order valence-electron chi connectivity index (χ4n) is 5.15. The van der Waals surface area contributed by atoms with Gasteiger partial charge in [-0.3, -0.25) is 4.98 Å². The molecule has 0 saturated carbocycles. The summed E-state index contributed by atoms with van der Waals surface area (Å²) in [6.45, 7) is 0. The van der Waals surface area contributed by atoms with E-state index < -0.39 is 10.4 Å². The number of hydrogen-bond donors (Lipinski definition) is 1. The Morgan fingerprint density at radius 2 is 1.24 bits per heavy atom. The van der Waals surface area contributed by atoms with Crippen molar-refractivity contribution in [3.8, 4) is 0 Å². The minimum atomic E-state index is -0.808. The van der Waals surface area contributed by atoms with Crippen LogP contribution in [0.3, 0.4) is 0 Å². The first-order chi connectivity index (χ1) is 16.2. The van der Waals surface area contributed by atoms with Gasteiger partial charge in [-0.1, -0.05) is 103 Å². The van der Waals surface area contributed by atoms with Crippen LogP contribution >= 0.6 is 11.6 Å². The molecule has 1 N–H and O–H groups in total. The van der Waals surface area contributed by atoms with Gasteiger partial charge in [-0.15, -0.1) is 11.6 Å². The topological polar surface area (TPSA) is 24.9 Å². The molecular weight excluding hydrogens is 424 g/mol. The zero-order valence-electron chi connectivity index (χ0n) is 18.1. The van der Waals surface area contributed by atoms with E-state index in [2.05, 4.69) is 108 Å². The summed E-state index contributed by atoms with van der Waals surface area (Å²) in [5, 5.41) is 5.01. The largest absolute Gasteiger partial charge is 0.371 e. The van der Waals surface area contributed by atoms with Gasteiger partial charge in [0, 0.05) is 23.1 Å². The normalized spacial score (nSPS) is 18.9. The number of para-hydroxylation sites is 2. The fourth-order valence-corrected chi connectivity index (χ4v) is 5.62. The van der Waals surface area contributed by atoms with Crippen molar-refractivity contribution in [3.05, 3.63) is 144 Å². The van der Waals surface area contributed by atoms with E-state index in [0.717, 1.165) is 27.8 Å². The van der Waals surface area contributed by atoms with Crippen LogP contribution in [0.2, 0.25) is 0 Å². The van der Waals surface area contributed by atoms with Crippen LogP contribution in [0.15, 0.2) is 121 Å². The van der Waals surface area contributed by atoms with E-state index in [0.29, 0.717) is 6.42 Å². The lowest BCUT2D eigenvalue weighted by atomic mass is 9.70. The van der Waals surface area contributed by atoms with E-state index in [1.807, 2.05) is 18.2 Å². The molecule has 0 amide bonds. The van der Waals surface area contributed by atoms with E-state index in [1.54, 1.807) is 0 Å². The Bertz CT molecular complexity index is 1390. The molecule has 0 radical (unpaired) electrons. The molecule has 2 nitrogen and oxygen atoms in total. The van der Waals surface area contributed by atoms with Gasteiger partial charge in [0.1, 0.15) is 4.87 Å². The van der Waals surface area contributed by atoms with Crippen LogP contribution in [0, 0.1) is 0 Å². The summed E-state index contributed by atoms with van der Waals surface area (Å²) in [5.74, 6) is 0. The lowest BCUT2D eigenvalue weighted by molar-refractivity contribution is 0.443. The predicted molar refractivity (Wildman–Crippen MR) is 137 cm³/mol. The Kier molecular flexibility index (Phi) is 4.70. The van der Waals surface area contributed by atoms with Crippen LogP contribution in [0.4, 0.5) is 5.69 Å². The van der Waals surface area contributed by atoms with E-state index in [1.165, 1.54) is 11.1 Å². The first-order valence-electron chi connectivity index (χ1n) is 11.2. The molecule has 4 aromatic carbocycles. The highest BCUT2D eigenvalue weighted by atomic mass is 35.5. The van der Waals surface area contributed by atoms with Gasteiger partial charge in [0.25, 0.3) is 0 Å². The number of nitrogens with zero attached hydrogens (tertiary/aromatic N) is 1. The maximum absolute atomic E-state index is 7.71. The summed E-state index contributed by atoms with van der Waals surface area (Å²) < 4.78 is 0. The van der Waals surface area contributed by atoms with Gasteiger partial charge in [0.15, 0.2) is 0 Å². The Hall–Kier alpha value is -3.62. The third-order valence-corrected chi connectivity index (χ3v) is 7.28. The molecule has 0 spiro atoms. The van der Waals surface area contributed by atoms with E-state index >= 15 is 0 Å². The number of alkyl halides is 1. The van der Waals surface area contributed by atoms with Crippen LogP contribution in [0.25, 0.3) is 10.9 Å². The molecular formula is C30H23ClN2. The van der Waals surface area contributed by atoms with E-state index in [4.69, 9.17) is 16.6 Å². The first-order valence-corrected chi connectivity index (χ1v) is 11.6. The third-order valence-electron chi connectivity index (χ3n) is 6.75. The van der Waals surface area contributed by atoms with Crippen molar-refractivity contribution in [2.75, 3.05) is 5.32 Å². The van der Waals surface area contributed by atoms with E-state index in [9.17, 15) is 0 Å². The van der Waals surface area contributed by atoms with Gasteiger partial charge < -0.3 is 5.32 Å². The number of nitrogens with one attached hydrogen (secondary N) is 1. The third kappa shape index (κ3) is 3.21. The number of fused-ring (bicyclic) bond motifs is 2. The van der Waals surface area contributed by atoms with Gasteiger partial charge in [-0.05, 0) is 29.3 Å². The second kappa shape index (κ2) is 7.75. The standard InChI is InChI=1S/C30H23ClN2/c31-29(28-20-19-22-11-7-9-17-26(22)32-28)21-30(23-12-3-1-4-13-23,24-14-5-2-6-15-24)33-27-18-10-8-16-25(27)29/h1-20,33H,21H2. The van der Waals surface area contributed by atoms with Crippen molar-refractivity contribution >= 4 is 28.2 Å². The Morgan fingerprint density at radius 1 is 0.636 bits per heavy atom. The first kappa shape index (κ1) is 20.0. The SMILES string of the molecule is ClC1(c2ccc3ccccc3n2)CC(c2ccccc2)(c2ccccc2)Nc2ccccc21. The van der Waals surface area contributed by atoms with E-state index in [-0.39, 0.29) is 0 Å². The summed E-state index contributed by atoms with van der Waals surface area (Å²) in [6, 6.07) is 41.9. The minimum Gasteiger partial charge on any atom is -0.371 e.